The molecule has 138 valence electrons. The molecule has 1 N–H and O–H groups in total. The fourth-order valence-corrected chi connectivity index (χ4v) is 2.32. The lowest BCUT2D eigenvalue weighted by Gasteiger charge is -2.14. The molecule has 26 heavy (non-hydrogen) atoms. The van der Waals surface area contributed by atoms with E-state index in [4.69, 9.17) is 14.2 Å². The van der Waals surface area contributed by atoms with E-state index in [1.54, 1.807) is 37.5 Å². The van der Waals surface area contributed by atoms with E-state index in [2.05, 4.69) is 11.9 Å². The first kappa shape index (κ1) is 19.4. The minimum atomic E-state index is -0.151. The Labute approximate surface area is 154 Å². The zero-order valence-corrected chi connectivity index (χ0v) is 15.5. The second-order valence-electron chi connectivity index (χ2n) is 5.96. The summed E-state index contributed by atoms with van der Waals surface area (Å²) in [4.78, 5) is 12.3. The maximum Gasteiger partial charge on any atom is 0.251 e. The molecular formula is C21H25NO4. The van der Waals surface area contributed by atoms with Gasteiger partial charge in [-0.2, -0.15) is 0 Å². The van der Waals surface area contributed by atoms with Crippen LogP contribution in [-0.4, -0.2) is 25.7 Å². The quantitative estimate of drug-likeness (QED) is 0.691. The van der Waals surface area contributed by atoms with Gasteiger partial charge in [0.25, 0.3) is 5.91 Å². The van der Waals surface area contributed by atoms with Crippen molar-refractivity contribution < 1.29 is 19.0 Å². The fourth-order valence-electron chi connectivity index (χ4n) is 2.32. The van der Waals surface area contributed by atoms with E-state index in [-0.39, 0.29) is 12.0 Å². The lowest BCUT2D eigenvalue weighted by Crippen LogP contribution is -2.22. The number of carbonyl (C=O) groups excluding carboxylic acids is 1. The van der Waals surface area contributed by atoms with Crippen LogP contribution in [0.15, 0.2) is 55.1 Å². The molecule has 1 amide bonds. The second kappa shape index (κ2) is 9.51. The zero-order chi connectivity index (χ0) is 18.9. The van der Waals surface area contributed by atoms with Crippen LogP contribution in [0.3, 0.4) is 0 Å². The van der Waals surface area contributed by atoms with E-state index in [0.29, 0.717) is 36.0 Å². The van der Waals surface area contributed by atoms with Crippen LogP contribution >= 0.6 is 0 Å². The van der Waals surface area contributed by atoms with Crippen LogP contribution in [0, 0.1) is 0 Å². The normalized spacial score (nSPS) is 10.3. The Kier molecular flexibility index (Phi) is 7.09. The van der Waals surface area contributed by atoms with Crippen molar-refractivity contribution in [2.24, 2.45) is 0 Å². The van der Waals surface area contributed by atoms with Crippen molar-refractivity contribution in [2.45, 2.75) is 26.5 Å². The first-order valence-electron chi connectivity index (χ1n) is 8.49. The van der Waals surface area contributed by atoms with E-state index in [1.807, 2.05) is 32.0 Å². The minimum Gasteiger partial charge on any atom is -0.493 e. The molecule has 0 saturated carbocycles. The number of methoxy groups -OCH3 is 1. The number of hydrogen-bond donors (Lipinski definition) is 1. The van der Waals surface area contributed by atoms with Gasteiger partial charge in [0, 0.05) is 12.1 Å². The van der Waals surface area contributed by atoms with Crippen molar-refractivity contribution in [3.05, 3.63) is 66.2 Å². The summed E-state index contributed by atoms with van der Waals surface area (Å²) >= 11 is 0. The van der Waals surface area contributed by atoms with Gasteiger partial charge in [-0.05, 0) is 55.8 Å². The highest BCUT2D eigenvalue weighted by Gasteiger charge is 2.09. The second-order valence-corrected chi connectivity index (χ2v) is 5.96. The Balaban J connectivity index is 1.97. The fraction of sp³-hybridized carbons (Fsp3) is 0.286. The van der Waals surface area contributed by atoms with Gasteiger partial charge in [0.15, 0.2) is 11.5 Å². The number of hydrogen-bond acceptors (Lipinski definition) is 4. The zero-order valence-electron chi connectivity index (χ0n) is 15.5. The van der Waals surface area contributed by atoms with E-state index < -0.39 is 0 Å². The Hall–Kier alpha value is -2.95. The minimum absolute atomic E-state index is 0.0629. The maximum absolute atomic E-state index is 12.3. The molecule has 0 aliphatic heterocycles. The van der Waals surface area contributed by atoms with Gasteiger partial charge in [-0.3, -0.25) is 4.79 Å². The molecule has 0 aliphatic carbocycles. The summed E-state index contributed by atoms with van der Waals surface area (Å²) in [6.45, 7) is 8.35. The summed E-state index contributed by atoms with van der Waals surface area (Å²) in [5.74, 6) is 1.88. The lowest BCUT2D eigenvalue weighted by atomic mass is 10.1. The monoisotopic (exact) mass is 355 g/mol. The largest absolute Gasteiger partial charge is 0.493 e. The molecule has 0 aliphatic rings. The van der Waals surface area contributed by atoms with Crippen molar-refractivity contribution in [2.75, 3.05) is 13.7 Å². The van der Waals surface area contributed by atoms with Gasteiger partial charge in [0.2, 0.25) is 0 Å². The van der Waals surface area contributed by atoms with E-state index in [1.165, 1.54) is 0 Å². The SMILES string of the molecule is C=CCOc1ccc(C(=O)NCc2ccc(OC(C)C)c(OC)c2)cc1. The summed E-state index contributed by atoms with van der Waals surface area (Å²) in [5.41, 5.74) is 1.50. The predicted molar refractivity (Wildman–Crippen MR) is 102 cm³/mol. The number of benzene rings is 2. The van der Waals surface area contributed by atoms with Gasteiger partial charge in [-0.1, -0.05) is 18.7 Å². The van der Waals surface area contributed by atoms with Crippen LogP contribution in [0.1, 0.15) is 29.8 Å². The van der Waals surface area contributed by atoms with Crippen molar-refractivity contribution in [3.63, 3.8) is 0 Å². The Morgan fingerprint density at radius 2 is 1.88 bits per heavy atom. The van der Waals surface area contributed by atoms with Gasteiger partial charge in [-0.25, -0.2) is 0 Å². The molecule has 0 radical (unpaired) electrons. The van der Waals surface area contributed by atoms with Crippen molar-refractivity contribution in [1.29, 1.82) is 0 Å². The highest BCUT2D eigenvalue weighted by molar-refractivity contribution is 5.94. The number of carbonyl (C=O) groups is 1. The van der Waals surface area contributed by atoms with Crippen LogP contribution in [0.5, 0.6) is 17.2 Å². The standard InChI is InChI=1S/C21H25NO4/c1-5-12-25-18-9-7-17(8-10-18)21(23)22-14-16-6-11-19(26-15(2)3)20(13-16)24-4/h5-11,13,15H,1,12,14H2,2-4H3,(H,22,23). The van der Waals surface area contributed by atoms with E-state index >= 15 is 0 Å². The van der Waals surface area contributed by atoms with Gasteiger partial charge in [0.1, 0.15) is 12.4 Å². The maximum atomic E-state index is 12.3. The molecule has 5 nitrogen and oxygen atoms in total. The number of rotatable bonds is 9. The summed E-state index contributed by atoms with van der Waals surface area (Å²) in [5, 5.41) is 2.90. The molecule has 2 aromatic rings. The molecule has 0 bridgehead atoms. The molecule has 2 aromatic carbocycles. The summed E-state index contributed by atoms with van der Waals surface area (Å²) < 4.78 is 16.5. The third kappa shape index (κ3) is 5.55. The molecule has 2 rings (SSSR count). The van der Waals surface area contributed by atoms with Gasteiger partial charge >= 0.3 is 0 Å². The molecule has 0 atom stereocenters. The molecule has 0 fully saturated rings. The van der Waals surface area contributed by atoms with Crippen LogP contribution in [0.25, 0.3) is 0 Å². The highest BCUT2D eigenvalue weighted by atomic mass is 16.5. The van der Waals surface area contributed by atoms with Crippen molar-refractivity contribution in [1.82, 2.24) is 5.32 Å². The average Bonchev–Trinajstić information content (AvgIpc) is 2.65. The molecular weight excluding hydrogens is 330 g/mol. The van der Waals surface area contributed by atoms with Gasteiger partial charge in [-0.15, -0.1) is 0 Å². The molecule has 0 aromatic heterocycles. The molecule has 0 spiro atoms. The first-order chi connectivity index (χ1) is 12.5. The van der Waals surface area contributed by atoms with Crippen LogP contribution in [-0.2, 0) is 6.54 Å². The molecule has 0 unspecified atom stereocenters. The van der Waals surface area contributed by atoms with Gasteiger partial charge < -0.3 is 19.5 Å². The van der Waals surface area contributed by atoms with E-state index in [0.717, 1.165) is 5.56 Å². The first-order valence-corrected chi connectivity index (χ1v) is 8.49. The topological polar surface area (TPSA) is 56.8 Å². The van der Waals surface area contributed by atoms with Crippen LogP contribution < -0.4 is 19.5 Å². The van der Waals surface area contributed by atoms with Crippen molar-refractivity contribution >= 4 is 5.91 Å². The third-order valence-electron chi connectivity index (χ3n) is 3.53. The number of ether oxygens (including phenoxy) is 3. The average molecular weight is 355 g/mol. The summed E-state index contributed by atoms with van der Waals surface area (Å²) in [6, 6.07) is 12.6. The van der Waals surface area contributed by atoms with Crippen molar-refractivity contribution in [3.8, 4) is 17.2 Å². The number of amides is 1. The van der Waals surface area contributed by atoms with Crippen LogP contribution in [0.2, 0.25) is 0 Å². The summed E-state index contributed by atoms with van der Waals surface area (Å²) in [6.07, 6.45) is 1.74. The Bertz CT molecular complexity index is 738. The third-order valence-corrected chi connectivity index (χ3v) is 3.53. The number of nitrogens with one attached hydrogen (secondary N) is 1. The van der Waals surface area contributed by atoms with Crippen LogP contribution in [0.4, 0.5) is 0 Å². The van der Waals surface area contributed by atoms with Gasteiger partial charge in [0.05, 0.1) is 13.2 Å². The molecule has 0 saturated heterocycles. The predicted octanol–water partition coefficient (Wildman–Crippen LogP) is 3.98. The lowest BCUT2D eigenvalue weighted by molar-refractivity contribution is 0.0951. The Morgan fingerprint density at radius 1 is 1.15 bits per heavy atom. The smallest absolute Gasteiger partial charge is 0.251 e. The highest BCUT2D eigenvalue weighted by Crippen LogP contribution is 2.29. The molecule has 0 heterocycles. The Morgan fingerprint density at radius 3 is 2.50 bits per heavy atom. The summed E-state index contributed by atoms with van der Waals surface area (Å²) in [7, 11) is 1.60. The molecule has 5 heteroatoms. The van der Waals surface area contributed by atoms with E-state index in [9.17, 15) is 4.79 Å².